The molecule has 1 aromatic heterocycles. The van der Waals surface area contributed by atoms with Crippen LogP contribution in [0, 0.1) is 5.92 Å². The third-order valence-corrected chi connectivity index (χ3v) is 2.96. The maximum atomic E-state index is 5.96. The Labute approximate surface area is 107 Å². The molecule has 18 heavy (non-hydrogen) atoms. The fraction of sp³-hybridized carbons (Fsp3) is 0.429. The van der Waals surface area contributed by atoms with Crippen molar-refractivity contribution >= 4 is 0 Å². The van der Waals surface area contributed by atoms with Gasteiger partial charge in [-0.15, -0.1) is 10.2 Å². The summed E-state index contributed by atoms with van der Waals surface area (Å²) in [5.74, 6) is 1.49. The molecule has 0 aliphatic rings. The van der Waals surface area contributed by atoms with Crippen LogP contribution in [0.4, 0.5) is 0 Å². The van der Waals surface area contributed by atoms with Crippen molar-refractivity contribution in [2.75, 3.05) is 0 Å². The normalized spacial score (nSPS) is 12.9. The fourth-order valence-electron chi connectivity index (χ4n) is 1.68. The second-order valence-corrected chi connectivity index (χ2v) is 4.79. The number of benzene rings is 1. The van der Waals surface area contributed by atoms with Gasteiger partial charge in [0.25, 0.3) is 0 Å². The SMILES string of the molecule is CC(C)C(N)c1nnc(CCc2ccccc2)o1. The molecule has 0 saturated heterocycles. The summed E-state index contributed by atoms with van der Waals surface area (Å²) in [7, 11) is 0. The van der Waals surface area contributed by atoms with E-state index in [0.29, 0.717) is 17.7 Å². The first-order valence-electron chi connectivity index (χ1n) is 6.28. The minimum atomic E-state index is -0.178. The molecule has 0 aliphatic heterocycles. The number of nitrogens with zero attached hydrogens (tertiary/aromatic N) is 2. The lowest BCUT2D eigenvalue weighted by Gasteiger charge is -2.09. The van der Waals surface area contributed by atoms with Gasteiger partial charge >= 0.3 is 0 Å². The van der Waals surface area contributed by atoms with Crippen LogP contribution in [0.2, 0.25) is 0 Å². The lowest BCUT2D eigenvalue weighted by Crippen LogP contribution is -2.16. The largest absolute Gasteiger partial charge is 0.424 e. The molecule has 0 saturated carbocycles. The van der Waals surface area contributed by atoms with Crippen molar-refractivity contribution < 1.29 is 4.42 Å². The van der Waals surface area contributed by atoms with Gasteiger partial charge in [0, 0.05) is 6.42 Å². The zero-order valence-corrected chi connectivity index (χ0v) is 10.8. The van der Waals surface area contributed by atoms with Gasteiger partial charge in [-0.2, -0.15) is 0 Å². The number of aromatic nitrogens is 2. The minimum Gasteiger partial charge on any atom is -0.424 e. The Hall–Kier alpha value is -1.68. The average Bonchev–Trinajstić information content (AvgIpc) is 2.85. The van der Waals surface area contributed by atoms with E-state index in [1.165, 1.54) is 5.56 Å². The summed E-state index contributed by atoms with van der Waals surface area (Å²) in [4.78, 5) is 0. The third-order valence-electron chi connectivity index (χ3n) is 2.96. The number of hydrogen-bond acceptors (Lipinski definition) is 4. The molecule has 0 spiro atoms. The summed E-state index contributed by atoms with van der Waals surface area (Å²) in [5.41, 5.74) is 7.23. The van der Waals surface area contributed by atoms with Crippen LogP contribution in [0.5, 0.6) is 0 Å². The summed E-state index contributed by atoms with van der Waals surface area (Å²) >= 11 is 0. The standard InChI is InChI=1S/C14H19N3O/c1-10(2)13(15)14-17-16-12(18-14)9-8-11-6-4-3-5-7-11/h3-7,10,13H,8-9,15H2,1-2H3. The monoisotopic (exact) mass is 245 g/mol. The Morgan fingerprint density at radius 1 is 1.11 bits per heavy atom. The van der Waals surface area contributed by atoms with E-state index in [0.717, 1.165) is 12.8 Å². The smallest absolute Gasteiger partial charge is 0.233 e. The van der Waals surface area contributed by atoms with Crippen molar-refractivity contribution in [3.05, 3.63) is 47.7 Å². The highest BCUT2D eigenvalue weighted by Crippen LogP contribution is 2.17. The molecular weight excluding hydrogens is 226 g/mol. The van der Waals surface area contributed by atoms with Gasteiger partial charge in [0.1, 0.15) is 0 Å². The Morgan fingerprint density at radius 3 is 2.50 bits per heavy atom. The molecule has 0 fully saturated rings. The van der Waals surface area contributed by atoms with E-state index >= 15 is 0 Å². The number of hydrogen-bond donors (Lipinski definition) is 1. The Kier molecular flexibility index (Phi) is 4.10. The summed E-state index contributed by atoms with van der Waals surface area (Å²) in [6.07, 6.45) is 1.65. The van der Waals surface area contributed by atoms with Gasteiger partial charge in [-0.3, -0.25) is 0 Å². The summed E-state index contributed by atoms with van der Waals surface area (Å²) in [6.45, 7) is 4.08. The van der Waals surface area contributed by atoms with Crippen LogP contribution in [0.3, 0.4) is 0 Å². The molecular formula is C14H19N3O. The molecule has 1 aromatic carbocycles. The molecule has 2 rings (SSSR count). The van der Waals surface area contributed by atoms with E-state index in [4.69, 9.17) is 10.2 Å². The van der Waals surface area contributed by atoms with Crippen LogP contribution >= 0.6 is 0 Å². The second kappa shape index (κ2) is 5.78. The second-order valence-electron chi connectivity index (χ2n) is 4.79. The first kappa shape index (κ1) is 12.8. The van der Waals surface area contributed by atoms with Gasteiger partial charge < -0.3 is 10.2 Å². The van der Waals surface area contributed by atoms with Gasteiger partial charge in [-0.25, -0.2) is 0 Å². The Morgan fingerprint density at radius 2 is 1.83 bits per heavy atom. The Balaban J connectivity index is 1.95. The maximum Gasteiger partial charge on any atom is 0.233 e. The Bertz CT molecular complexity index is 479. The van der Waals surface area contributed by atoms with Crippen LogP contribution in [-0.4, -0.2) is 10.2 Å². The van der Waals surface area contributed by atoms with Gasteiger partial charge in [-0.1, -0.05) is 44.2 Å². The molecule has 2 aromatic rings. The predicted molar refractivity (Wildman–Crippen MR) is 69.9 cm³/mol. The highest BCUT2D eigenvalue weighted by molar-refractivity contribution is 5.15. The van der Waals surface area contributed by atoms with Crippen molar-refractivity contribution in [1.82, 2.24) is 10.2 Å². The van der Waals surface area contributed by atoms with Crippen LogP contribution in [0.25, 0.3) is 0 Å². The summed E-state index contributed by atoms with van der Waals surface area (Å²) in [6, 6.07) is 10.1. The number of aryl methyl sites for hydroxylation is 2. The zero-order valence-electron chi connectivity index (χ0n) is 10.8. The van der Waals surface area contributed by atoms with Crippen molar-refractivity contribution in [1.29, 1.82) is 0 Å². The van der Waals surface area contributed by atoms with Crippen molar-refractivity contribution in [3.63, 3.8) is 0 Å². The quantitative estimate of drug-likeness (QED) is 0.879. The maximum absolute atomic E-state index is 5.96. The first-order valence-corrected chi connectivity index (χ1v) is 6.28. The minimum absolute atomic E-state index is 0.178. The molecule has 0 aliphatic carbocycles. The van der Waals surface area contributed by atoms with Crippen molar-refractivity contribution in [3.8, 4) is 0 Å². The molecule has 4 nitrogen and oxygen atoms in total. The van der Waals surface area contributed by atoms with Crippen LogP contribution in [0.15, 0.2) is 34.7 Å². The van der Waals surface area contributed by atoms with E-state index in [1.54, 1.807) is 0 Å². The van der Waals surface area contributed by atoms with Crippen LogP contribution in [-0.2, 0) is 12.8 Å². The molecule has 1 atom stereocenters. The van der Waals surface area contributed by atoms with Gasteiger partial charge in [0.2, 0.25) is 11.8 Å². The van der Waals surface area contributed by atoms with Crippen LogP contribution < -0.4 is 5.73 Å². The lowest BCUT2D eigenvalue weighted by molar-refractivity contribution is 0.370. The van der Waals surface area contributed by atoms with Gasteiger partial charge in [-0.05, 0) is 17.9 Å². The van der Waals surface area contributed by atoms with E-state index in [2.05, 4.69) is 22.3 Å². The van der Waals surface area contributed by atoms with E-state index in [9.17, 15) is 0 Å². The fourth-order valence-corrected chi connectivity index (χ4v) is 1.68. The molecule has 1 heterocycles. The third kappa shape index (κ3) is 3.17. The average molecular weight is 245 g/mol. The van der Waals surface area contributed by atoms with Gasteiger partial charge in [0.15, 0.2) is 0 Å². The number of rotatable bonds is 5. The molecule has 2 N–H and O–H groups in total. The van der Waals surface area contributed by atoms with E-state index in [1.807, 2.05) is 32.0 Å². The molecule has 0 radical (unpaired) electrons. The van der Waals surface area contributed by atoms with E-state index in [-0.39, 0.29) is 6.04 Å². The lowest BCUT2D eigenvalue weighted by atomic mass is 10.1. The van der Waals surface area contributed by atoms with Gasteiger partial charge in [0.05, 0.1) is 6.04 Å². The molecule has 0 bridgehead atoms. The molecule has 1 unspecified atom stereocenters. The predicted octanol–water partition coefficient (Wildman–Crippen LogP) is 2.51. The molecule has 4 heteroatoms. The van der Waals surface area contributed by atoms with Crippen LogP contribution in [0.1, 0.15) is 37.2 Å². The number of nitrogens with two attached hydrogens (primary N) is 1. The highest BCUT2D eigenvalue weighted by Gasteiger charge is 2.17. The first-order chi connectivity index (χ1) is 8.66. The van der Waals surface area contributed by atoms with Crippen molar-refractivity contribution in [2.24, 2.45) is 11.7 Å². The highest BCUT2D eigenvalue weighted by atomic mass is 16.4. The summed E-state index contributed by atoms with van der Waals surface area (Å²) in [5, 5.41) is 8.05. The summed E-state index contributed by atoms with van der Waals surface area (Å²) < 4.78 is 5.58. The van der Waals surface area contributed by atoms with Crippen molar-refractivity contribution in [2.45, 2.75) is 32.7 Å². The molecule has 0 amide bonds. The molecule has 96 valence electrons. The van der Waals surface area contributed by atoms with E-state index < -0.39 is 0 Å². The topological polar surface area (TPSA) is 64.9 Å². The zero-order chi connectivity index (χ0) is 13.0.